The molecule has 1 N–H and O–H groups in total. The molecule has 0 radical (unpaired) electrons. The van der Waals surface area contributed by atoms with E-state index in [1.54, 1.807) is 0 Å². The summed E-state index contributed by atoms with van der Waals surface area (Å²) < 4.78 is 38.8. The third-order valence-corrected chi connectivity index (χ3v) is 3.80. The first-order chi connectivity index (χ1) is 8.91. The number of halogens is 3. The lowest BCUT2D eigenvalue weighted by atomic mass is 9.77. The number of rotatable bonds is 2. The van der Waals surface area contributed by atoms with Crippen LogP contribution in [-0.2, 0) is 6.18 Å². The van der Waals surface area contributed by atoms with Gasteiger partial charge in [-0.2, -0.15) is 18.4 Å². The third-order valence-electron chi connectivity index (χ3n) is 3.80. The molecule has 1 fully saturated rings. The van der Waals surface area contributed by atoms with Gasteiger partial charge in [0, 0.05) is 0 Å². The Morgan fingerprint density at radius 1 is 1.21 bits per heavy atom. The second kappa shape index (κ2) is 4.86. The zero-order valence-electron chi connectivity index (χ0n) is 10.2. The van der Waals surface area contributed by atoms with Gasteiger partial charge >= 0.3 is 6.18 Å². The lowest BCUT2D eigenvalue weighted by Gasteiger charge is -2.29. The van der Waals surface area contributed by atoms with E-state index in [1.165, 1.54) is 18.2 Å². The maximum Gasteiger partial charge on any atom is 0.416 e. The van der Waals surface area contributed by atoms with Crippen LogP contribution in [0, 0.1) is 16.7 Å². The molecule has 5 heteroatoms. The molecule has 1 unspecified atom stereocenters. The average molecular weight is 269 g/mol. The average Bonchev–Trinajstić information content (AvgIpc) is 2.87. The molecule has 0 saturated heterocycles. The Morgan fingerprint density at radius 3 is 2.32 bits per heavy atom. The number of nitriles is 1. The van der Waals surface area contributed by atoms with E-state index in [1.807, 2.05) is 6.07 Å². The summed E-state index contributed by atoms with van der Waals surface area (Å²) in [6.07, 6.45) is -3.50. The number of benzene rings is 1. The molecule has 0 heterocycles. The zero-order valence-corrected chi connectivity index (χ0v) is 10.2. The lowest BCUT2D eigenvalue weighted by molar-refractivity contribution is -0.139. The molecule has 2 nitrogen and oxygen atoms in total. The second-order valence-corrected chi connectivity index (χ2v) is 4.96. The predicted molar refractivity (Wildman–Crippen MR) is 62.9 cm³/mol. The van der Waals surface area contributed by atoms with E-state index in [4.69, 9.17) is 0 Å². The van der Waals surface area contributed by atoms with Gasteiger partial charge in [0.15, 0.2) is 0 Å². The van der Waals surface area contributed by atoms with Crippen molar-refractivity contribution in [3.8, 4) is 6.07 Å². The van der Waals surface area contributed by atoms with Crippen molar-refractivity contribution >= 4 is 0 Å². The van der Waals surface area contributed by atoms with Crippen molar-refractivity contribution in [1.82, 2.24) is 0 Å². The monoisotopic (exact) mass is 269 g/mol. The van der Waals surface area contributed by atoms with Gasteiger partial charge in [-0.3, -0.25) is 0 Å². The van der Waals surface area contributed by atoms with E-state index in [2.05, 4.69) is 0 Å². The number of aliphatic hydroxyl groups excluding tert-OH is 1. The van der Waals surface area contributed by atoms with Gasteiger partial charge in [0.05, 0.1) is 23.2 Å². The summed E-state index contributed by atoms with van der Waals surface area (Å²) >= 11 is 0. The van der Waals surface area contributed by atoms with Crippen LogP contribution in [0.5, 0.6) is 0 Å². The lowest BCUT2D eigenvalue weighted by Crippen LogP contribution is -2.26. The van der Waals surface area contributed by atoms with Gasteiger partial charge in [-0.1, -0.05) is 31.0 Å². The van der Waals surface area contributed by atoms with Gasteiger partial charge in [0.25, 0.3) is 0 Å². The normalized spacial score (nSPS) is 19.9. The Bertz CT molecular complexity index is 498. The van der Waals surface area contributed by atoms with E-state index >= 15 is 0 Å². The molecule has 1 atom stereocenters. The van der Waals surface area contributed by atoms with Gasteiger partial charge in [0.1, 0.15) is 0 Å². The van der Waals surface area contributed by atoms with Crippen LogP contribution in [0.25, 0.3) is 0 Å². The number of nitrogens with zero attached hydrogens (tertiary/aromatic N) is 1. The molecule has 102 valence electrons. The van der Waals surface area contributed by atoms with Crippen LogP contribution in [0.1, 0.15) is 42.9 Å². The van der Waals surface area contributed by atoms with Gasteiger partial charge < -0.3 is 5.11 Å². The Morgan fingerprint density at radius 2 is 1.79 bits per heavy atom. The smallest absolute Gasteiger partial charge is 0.387 e. The van der Waals surface area contributed by atoms with Crippen molar-refractivity contribution in [1.29, 1.82) is 5.26 Å². The molecule has 1 aliphatic carbocycles. The molecule has 19 heavy (non-hydrogen) atoms. The summed E-state index contributed by atoms with van der Waals surface area (Å²) in [5.41, 5.74) is -2.14. The van der Waals surface area contributed by atoms with Crippen LogP contribution in [-0.4, -0.2) is 5.11 Å². The molecule has 0 bridgehead atoms. The molecule has 1 aromatic rings. The molecule has 0 spiro atoms. The van der Waals surface area contributed by atoms with Crippen molar-refractivity contribution in [2.45, 2.75) is 38.0 Å². The summed E-state index contributed by atoms with van der Waals surface area (Å²) in [5.74, 6) is 0. The van der Waals surface area contributed by atoms with Crippen LogP contribution in [0.15, 0.2) is 24.3 Å². The molecule has 0 aromatic heterocycles. The van der Waals surface area contributed by atoms with Gasteiger partial charge in [-0.25, -0.2) is 0 Å². The van der Waals surface area contributed by atoms with Crippen LogP contribution >= 0.6 is 0 Å². The highest BCUT2D eigenvalue weighted by atomic mass is 19.4. The minimum Gasteiger partial charge on any atom is -0.387 e. The summed E-state index contributed by atoms with van der Waals surface area (Å²) in [4.78, 5) is 0. The molecule has 1 aliphatic rings. The minimum absolute atomic E-state index is 0.196. The van der Waals surface area contributed by atoms with Crippen molar-refractivity contribution < 1.29 is 18.3 Å². The fourth-order valence-electron chi connectivity index (χ4n) is 2.74. The minimum atomic E-state index is -4.52. The molecule has 0 amide bonds. The second-order valence-electron chi connectivity index (χ2n) is 4.96. The maximum absolute atomic E-state index is 12.9. The molecule has 1 saturated carbocycles. The van der Waals surface area contributed by atoms with E-state index in [-0.39, 0.29) is 5.56 Å². The van der Waals surface area contributed by atoms with E-state index in [0.29, 0.717) is 12.8 Å². The number of hydrogen-bond donors (Lipinski definition) is 1. The topological polar surface area (TPSA) is 44.0 Å². The van der Waals surface area contributed by atoms with Crippen molar-refractivity contribution in [3.05, 3.63) is 35.4 Å². The maximum atomic E-state index is 12.9. The Kier molecular flexibility index (Phi) is 3.55. The molecular weight excluding hydrogens is 255 g/mol. The predicted octanol–water partition coefficient (Wildman–Crippen LogP) is 3.82. The Hall–Kier alpha value is -1.54. The molecule has 2 rings (SSSR count). The third kappa shape index (κ3) is 2.45. The number of alkyl halides is 3. The van der Waals surface area contributed by atoms with Crippen LogP contribution < -0.4 is 0 Å². The van der Waals surface area contributed by atoms with E-state index in [9.17, 15) is 23.5 Å². The Balaban J connectivity index is 2.45. The first-order valence-corrected chi connectivity index (χ1v) is 6.16. The fourth-order valence-corrected chi connectivity index (χ4v) is 2.74. The number of aliphatic hydroxyl groups is 1. The Labute approximate surface area is 109 Å². The van der Waals surface area contributed by atoms with Crippen molar-refractivity contribution in [2.75, 3.05) is 0 Å². The quantitative estimate of drug-likeness (QED) is 0.886. The van der Waals surface area contributed by atoms with Crippen LogP contribution in [0.2, 0.25) is 0 Å². The van der Waals surface area contributed by atoms with Crippen LogP contribution in [0.3, 0.4) is 0 Å². The standard InChI is InChI=1S/C14H14F3NO/c15-14(16,17)11-6-2-1-5-10(11)12(19)13(9-18)7-3-4-8-13/h1-2,5-6,12,19H,3-4,7-8H2. The fraction of sp³-hybridized carbons (Fsp3) is 0.500. The number of hydrogen-bond acceptors (Lipinski definition) is 2. The highest BCUT2D eigenvalue weighted by molar-refractivity contribution is 5.34. The largest absolute Gasteiger partial charge is 0.416 e. The van der Waals surface area contributed by atoms with Crippen LogP contribution in [0.4, 0.5) is 13.2 Å². The first kappa shape index (κ1) is 13.9. The zero-order chi connectivity index (χ0) is 14.1. The van der Waals surface area contributed by atoms with Crippen molar-refractivity contribution in [2.24, 2.45) is 5.41 Å². The summed E-state index contributed by atoms with van der Waals surface area (Å²) in [7, 11) is 0. The highest BCUT2D eigenvalue weighted by Crippen LogP contribution is 2.49. The summed E-state index contributed by atoms with van der Waals surface area (Å²) in [6, 6.07) is 6.97. The highest BCUT2D eigenvalue weighted by Gasteiger charge is 2.45. The molecule has 1 aromatic carbocycles. The van der Waals surface area contributed by atoms with Gasteiger partial charge in [-0.05, 0) is 24.5 Å². The molecular formula is C14H14F3NO. The first-order valence-electron chi connectivity index (χ1n) is 6.16. The van der Waals surface area contributed by atoms with Gasteiger partial charge in [-0.15, -0.1) is 0 Å². The van der Waals surface area contributed by atoms with Crippen molar-refractivity contribution in [3.63, 3.8) is 0 Å². The summed E-state index contributed by atoms with van der Waals surface area (Å²) in [5, 5.41) is 19.5. The molecule has 0 aliphatic heterocycles. The van der Waals surface area contributed by atoms with Gasteiger partial charge in [0.2, 0.25) is 0 Å². The van der Waals surface area contributed by atoms with E-state index < -0.39 is 23.3 Å². The summed E-state index contributed by atoms with van der Waals surface area (Å²) in [6.45, 7) is 0. The SMILES string of the molecule is N#CC1(C(O)c2ccccc2C(F)(F)F)CCCC1. The van der Waals surface area contributed by atoms with E-state index in [0.717, 1.165) is 18.9 Å².